The molecule has 0 bridgehead atoms. The van der Waals surface area contributed by atoms with Crippen molar-refractivity contribution >= 4 is 29.6 Å². The summed E-state index contributed by atoms with van der Waals surface area (Å²) in [6, 6.07) is 19.8. The second-order valence-corrected chi connectivity index (χ2v) is 8.02. The number of amides is 4. The van der Waals surface area contributed by atoms with E-state index in [1.165, 1.54) is 11.6 Å². The van der Waals surface area contributed by atoms with Gasteiger partial charge in [-0.3, -0.25) is 14.9 Å². The number of hydrogen-bond donors (Lipinski definition) is 1. The first-order chi connectivity index (χ1) is 15.8. The number of carbonyl (C=O) groups excluding carboxylic acids is 3. The largest absolute Gasteiger partial charge is 0.489 e. The molecule has 4 rings (SSSR count). The van der Waals surface area contributed by atoms with E-state index in [2.05, 4.69) is 11.4 Å². The van der Waals surface area contributed by atoms with Crippen LogP contribution in [0.25, 0.3) is 6.08 Å². The SMILES string of the molecule is Cc1cccc(COc2ccc(/C=C3\C(=O)NC(=O)N(c4cccc(C)c4C)C3=O)cc2)c1. The van der Waals surface area contributed by atoms with E-state index < -0.39 is 17.8 Å². The summed E-state index contributed by atoms with van der Waals surface area (Å²) in [5.74, 6) is -0.700. The smallest absolute Gasteiger partial charge is 0.335 e. The molecule has 0 radical (unpaired) electrons. The zero-order chi connectivity index (χ0) is 23.5. The van der Waals surface area contributed by atoms with Crippen molar-refractivity contribution in [1.29, 1.82) is 0 Å². The summed E-state index contributed by atoms with van der Waals surface area (Å²) in [5.41, 5.74) is 4.97. The van der Waals surface area contributed by atoms with Gasteiger partial charge in [-0.2, -0.15) is 0 Å². The summed E-state index contributed by atoms with van der Waals surface area (Å²) in [6.07, 6.45) is 1.48. The minimum Gasteiger partial charge on any atom is -0.489 e. The molecule has 3 aromatic rings. The van der Waals surface area contributed by atoms with E-state index in [9.17, 15) is 14.4 Å². The van der Waals surface area contributed by atoms with Crippen molar-refractivity contribution < 1.29 is 19.1 Å². The zero-order valence-corrected chi connectivity index (χ0v) is 18.7. The molecule has 6 nitrogen and oxygen atoms in total. The van der Waals surface area contributed by atoms with Crippen molar-refractivity contribution in [3.05, 3.63) is 100 Å². The average Bonchev–Trinajstić information content (AvgIpc) is 2.79. The number of carbonyl (C=O) groups is 3. The maximum absolute atomic E-state index is 13.1. The molecule has 1 heterocycles. The molecule has 1 aliphatic heterocycles. The molecule has 0 saturated carbocycles. The maximum atomic E-state index is 13.1. The third-order valence-electron chi connectivity index (χ3n) is 5.60. The number of ether oxygens (including phenoxy) is 1. The van der Waals surface area contributed by atoms with Crippen LogP contribution in [0.3, 0.4) is 0 Å². The molecule has 3 aromatic carbocycles. The fraction of sp³-hybridized carbons (Fsp3) is 0.148. The first-order valence-electron chi connectivity index (χ1n) is 10.6. The summed E-state index contributed by atoms with van der Waals surface area (Å²) in [5, 5.41) is 2.26. The van der Waals surface area contributed by atoms with Crippen LogP contribution in [0.5, 0.6) is 5.75 Å². The zero-order valence-electron chi connectivity index (χ0n) is 18.7. The van der Waals surface area contributed by atoms with Crippen molar-refractivity contribution in [2.75, 3.05) is 4.90 Å². The molecule has 1 fully saturated rings. The number of imide groups is 2. The molecule has 6 heteroatoms. The first kappa shape index (κ1) is 22.0. The molecule has 33 heavy (non-hydrogen) atoms. The van der Waals surface area contributed by atoms with Crippen LogP contribution in [0.1, 0.15) is 27.8 Å². The van der Waals surface area contributed by atoms with E-state index in [1.54, 1.807) is 36.4 Å². The van der Waals surface area contributed by atoms with Crippen molar-refractivity contribution in [3.63, 3.8) is 0 Å². The number of barbiturate groups is 1. The van der Waals surface area contributed by atoms with Gasteiger partial charge in [-0.05, 0) is 67.3 Å². The number of anilines is 1. The van der Waals surface area contributed by atoms with Crippen LogP contribution in [0, 0.1) is 20.8 Å². The highest BCUT2D eigenvalue weighted by Crippen LogP contribution is 2.27. The Bertz CT molecular complexity index is 1280. The number of benzene rings is 3. The summed E-state index contributed by atoms with van der Waals surface area (Å²) in [7, 11) is 0. The fourth-order valence-electron chi connectivity index (χ4n) is 3.65. The monoisotopic (exact) mass is 440 g/mol. The Morgan fingerprint density at radius 2 is 1.64 bits per heavy atom. The molecular formula is C27H24N2O4. The molecule has 4 amide bonds. The van der Waals surface area contributed by atoms with E-state index in [0.717, 1.165) is 21.6 Å². The lowest BCUT2D eigenvalue weighted by molar-refractivity contribution is -0.122. The second kappa shape index (κ2) is 9.12. The van der Waals surface area contributed by atoms with Crippen LogP contribution < -0.4 is 15.0 Å². The average molecular weight is 440 g/mol. The Hall–Kier alpha value is -4.19. The van der Waals surface area contributed by atoms with Crippen LogP contribution in [0.4, 0.5) is 10.5 Å². The van der Waals surface area contributed by atoms with Crippen LogP contribution in [-0.2, 0) is 16.2 Å². The second-order valence-electron chi connectivity index (χ2n) is 8.02. The first-order valence-corrected chi connectivity index (χ1v) is 10.6. The Kier molecular flexibility index (Phi) is 6.09. The number of urea groups is 1. The number of nitrogens with one attached hydrogen (secondary N) is 1. The predicted molar refractivity (Wildman–Crippen MR) is 127 cm³/mol. The molecule has 1 aliphatic rings. The summed E-state index contributed by atoms with van der Waals surface area (Å²) >= 11 is 0. The normalized spacial score (nSPS) is 15.1. The van der Waals surface area contributed by atoms with Gasteiger partial charge in [0.15, 0.2) is 0 Å². The topological polar surface area (TPSA) is 75.7 Å². The molecule has 0 aliphatic carbocycles. The number of rotatable bonds is 5. The Labute approximate surface area is 192 Å². The van der Waals surface area contributed by atoms with E-state index in [0.29, 0.717) is 23.6 Å². The van der Waals surface area contributed by atoms with Crippen molar-refractivity contribution in [2.45, 2.75) is 27.4 Å². The van der Waals surface area contributed by atoms with Gasteiger partial charge >= 0.3 is 6.03 Å². The molecule has 1 saturated heterocycles. The van der Waals surface area contributed by atoms with Crippen molar-refractivity contribution in [2.24, 2.45) is 0 Å². The Balaban J connectivity index is 1.54. The number of nitrogens with zero attached hydrogens (tertiary/aromatic N) is 1. The molecule has 0 spiro atoms. The molecular weight excluding hydrogens is 416 g/mol. The third kappa shape index (κ3) is 4.70. The van der Waals surface area contributed by atoms with Gasteiger partial charge in [0.05, 0.1) is 5.69 Å². The van der Waals surface area contributed by atoms with Crippen LogP contribution in [0.2, 0.25) is 0 Å². The Morgan fingerprint density at radius 1 is 0.909 bits per heavy atom. The fourth-order valence-corrected chi connectivity index (χ4v) is 3.65. The lowest BCUT2D eigenvalue weighted by Gasteiger charge is -2.28. The standard InChI is InChI=1S/C27H24N2O4/c1-17-6-4-8-21(14-17)16-33-22-12-10-20(11-13-22)15-23-25(30)28-27(32)29(26(23)31)24-9-5-7-18(2)19(24)3/h4-15H,16H2,1-3H3,(H,28,30,32)/b23-15+. The quantitative estimate of drug-likeness (QED) is 0.454. The van der Waals surface area contributed by atoms with Crippen LogP contribution in [0.15, 0.2) is 72.3 Å². The van der Waals surface area contributed by atoms with Gasteiger partial charge in [0.25, 0.3) is 11.8 Å². The minimum absolute atomic E-state index is 0.107. The van der Waals surface area contributed by atoms with Gasteiger partial charge in [-0.25, -0.2) is 9.69 Å². The highest BCUT2D eigenvalue weighted by molar-refractivity contribution is 6.39. The van der Waals surface area contributed by atoms with E-state index in [4.69, 9.17) is 4.74 Å². The highest BCUT2D eigenvalue weighted by atomic mass is 16.5. The van der Waals surface area contributed by atoms with E-state index in [1.807, 2.05) is 45.0 Å². The van der Waals surface area contributed by atoms with Gasteiger partial charge in [0.1, 0.15) is 17.9 Å². The molecule has 166 valence electrons. The van der Waals surface area contributed by atoms with Gasteiger partial charge < -0.3 is 4.74 Å². The summed E-state index contributed by atoms with van der Waals surface area (Å²) < 4.78 is 5.83. The molecule has 0 aromatic heterocycles. The lowest BCUT2D eigenvalue weighted by Crippen LogP contribution is -2.54. The van der Waals surface area contributed by atoms with Crippen LogP contribution >= 0.6 is 0 Å². The minimum atomic E-state index is -0.754. The predicted octanol–water partition coefficient (Wildman–Crippen LogP) is 4.86. The highest BCUT2D eigenvalue weighted by Gasteiger charge is 2.37. The van der Waals surface area contributed by atoms with Gasteiger partial charge in [-0.15, -0.1) is 0 Å². The molecule has 0 atom stereocenters. The van der Waals surface area contributed by atoms with E-state index in [-0.39, 0.29) is 5.57 Å². The van der Waals surface area contributed by atoms with E-state index >= 15 is 0 Å². The van der Waals surface area contributed by atoms with Gasteiger partial charge in [0, 0.05) is 0 Å². The van der Waals surface area contributed by atoms with Gasteiger partial charge in [-0.1, -0.05) is 54.1 Å². The van der Waals surface area contributed by atoms with Gasteiger partial charge in [0.2, 0.25) is 0 Å². The van der Waals surface area contributed by atoms with Crippen LogP contribution in [-0.4, -0.2) is 17.8 Å². The molecule has 0 unspecified atom stereocenters. The number of aryl methyl sites for hydroxylation is 2. The Morgan fingerprint density at radius 3 is 2.36 bits per heavy atom. The molecule has 1 N–H and O–H groups in total. The summed E-state index contributed by atoms with van der Waals surface area (Å²) in [4.78, 5) is 39.0. The van der Waals surface area contributed by atoms with Crippen molar-refractivity contribution in [3.8, 4) is 5.75 Å². The number of hydrogen-bond acceptors (Lipinski definition) is 4. The third-order valence-corrected chi connectivity index (χ3v) is 5.60. The lowest BCUT2D eigenvalue weighted by atomic mass is 10.0. The summed E-state index contributed by atoms with van der Waals surface area (Å²) in [6.45, 7) is 6.20. The van der Waals surface area contributed by atoms with Crippen molar-refractivity contribution in [1.82, 2.24) is 5.32 Å². The maximum Gasteiger partial charge on any atom is 0.335 e.